The van der Waals surface area contributed by atoms with Gasteiger partial charge in [-0.2, -0.15) is 5.10 Å². The number of hydrogen-bond acceptors (Lipinski definition) is 4. The minimum absolute atomic E-state index is 0.0157. The van der Waals surface area contributed by atoms with Crippen LogP contribution in [0.25, 0.3) is 0 Å². The lowest BCUT2D eigenvalue weighted by Crippen LogP contribution is -2.38. The zero-order valence-electron chi connectivity index (χ0n) is 12.6. The molecule has 2 N–H and O–H groups in total. The molecule has 110 valence electrons. The van der Waals surface area contributed by atoms with Gasteiger partial charge in [0, 0.05) is 12.5 Å². The smallest absolute Gasteiger partial charge is 0.359 e. The molecule has 0 amide bonds. The molecule has 3 rings (SSSR count). The first-order chi connectivity index (χ1) is 9.27. The number of ether oxygens (including phenoxy) is 1. The van der Waals surface area contributed by atoms with Crippen LogP contribution in [0.15, 0.2) is 6.20 Å². The van der Waals surface area contributed by atoms with Crippen molar-refractivity contribution in [2.75, 3.05) is 5.73 Å². The molecule has 1 heterocycles. The van der Waals surface area contributed by atoms with Crippen LogP contribution in [0.2, 0.25) is 0 Å². The van der Waals surface area contributed by atoms with E-state index in [0.29, 0.717) is 17.3 Å². The van der Waals surface area contributed by atoms with Crippen molar-refractivity contribution in [3.63, 3.8) is 0 Å². The zero-order chi connectivity index (χ0) is 14.7. The third kappa shape index (κ3) is 1.55. The fourth-order valence-electron chi connectivity index (χ4n) is 4.20. The van der Waals surface area contributed by atoms with Crippen molar-refractivity contribution in [1.29, 1.82) is 0 Å². The van der Waals surface area contributed by atoms with Gasteiger partial charge in [-0.05, 0) is 30.6 Å². The Balaban J connectivity index is 1.82. The van der Waals surface area contributed by atoms with E-state index in [1.807, 2.05) is 0 Å². The Morgan fingerprint density at radius 2 is 2.20 bits per heavy atom. The monoisotopic (exact) mass is 277 g/mol. The molecule has 2 bridgehead atoms. The van der Waals surface area contributed by atoms with Gasteiger partial charge >= 0.3 is 5.97 Å². The molecule has 1 aromatic rings. The van der Waals surface area contributed by atoms with Gasteiger partial charge in [0.25, 0.3) is 0 Å². The average Bonchev–Trinajstić information content (AvgIpc) is 2.87. The number of nitrogen functional groups attached to an aromatic ring is 1. The highest BCUT2D eigenvalue weighted by molar-refractivity contribution is 5.93. The third-order valence-corrected chi connectivity index (χ3v) is 6.12. The molecule has 2 aliphatic rings. The number of nitrogens with two attached hydrogens (primary N) is 1. The second kappa shape index (κ2) is 3.99. The second-order valence-electron chi connectivity index (χ2n) is 7.08. The quantitative estimate of drug-likeness (QED) is 0.843. The van der Waals surface area contributed by atoms with E-state index in [-0.39, 0.29) is 22.9 Å². The van der Waals surface area contributed by atoms with Gasteiger partial charge in [0.15, 0.2) is 5.69 Å². The van der Waals surface area contributed by atoms with Gasteiger partial charge in [-0.15, -0.1) is 0 Å². The van der Waals surface area contributed by atoms with Crippen molar-refractivity contribution in [2.24, 2.45) is 23.8 Å². The topological polar surface area (TPSA) is 70.1 Å². The standard InChI is InChI=1S/C15H23N3O2/c1-14(2)9-5-6-15(14,3)11(7-9)20-13(19)12-10(16)8-17-18(12)4/h8-9,11H,5-7,16H2,1-4H3. The number of esters is 1. The summed E-state index contributed by atoms with van der Waals surface area (Å²) in [5.41, 5.74) is 6.83. The van der Waals surface area contributed by atoms with Crippen molar-refractivity contribution >= 4 is 11.7 Å². The lowest BCUT2D eigenvalue weighted by Gasteiger charge is -2.38. The van der Waals surface area contributed by atoms with Gasteiger partial charge in [0.05, 0.1) is 11.9 Å². The van der Waals surface area contributed by atoms with Gasteiger partial charge in [-0.1, -0.05) is 20.8 Å². The number of carbonyl (C=O) groups is 1. The average molecular weight is 277 g/mol. The van der Waals surface area contributed by atoms with Crippen molar-refractivity contribution in [1.82, 2.24) is 9.78 Å². The minimum Gasteiger partial charge on any atom is -0.457 e. The molecule has 5 heteroatoms. The fourth-order valence-corrected chi connectivity index (χ4v) is 4.20. The van der Waals surface area contributed by atoms with Crippen LogP contribution < -0.4 is 5.73 Å². The second-order valence-corrected chi connectivity index (χ2v) is 7.08. The van der Waals surface area contributed by atoms with E-state index in [2.05, 4.69) is 25.9 Å². The summed E-state index contributed by atoms with van der Waals surface area (Å²) in [6.07, 6.45) is 4.81. The summed E-state index contributed by atoms with van der Waals surface area (Å²) >= 11 is 0. The number of carbonyl (C=O) groups excluding carboxylic acids is 1. The Kier molecular flexibility index (Phi) is 2.69. The summed E-state index contributed by atoms with van der Waals surface area (Å²) in [4.78, 5) is 12.4. The van der Waals surface area contributed by atoms with Gasteiger partial charge in [-0.3, -0.25) is 4.68 Å². The molecule has 3 unspecified atom stereocenters. The number of aryl methyl sites for hydroxylation is 1. The van der Waals surface area contributed by atoms with Crippen LogP contribution in [0.5, 0.6) is 0 Å². The summed E-state index contributed by atoms with van der Waals surface area (Å²) < 4.78 is 7.29. The van der Waals surface area contributed by atoms with E-state index in [1.54, 1.807) is 7.05 Å². The lowest BCUT2D eigenvalue weighted by atomic mass is 9.70. The summed E-state index contributed by atoms with van der Waals surface area (Å²) in [5, 5.41) is 4.00. The highest BCUT2D eigenvalue weighted by atomic mass is 16.5. The molecule has 20 heavy (non-hydrogen) atoms. The van der Waals surface area contributed by atoms with Crippen LogP contribution >= 0.6 is 0 Å². The molecule has 0 aliphatic heterocycles. The Labute approximate surface area is 119 Å². The van der Waals surface area contributed by atoms with E-state index in [0.717, 1.165) is 12.8 Å². The molecule has 2 saturated carbocycles. The molecule has 1 aromatic heterocycles. The summed E-state index contributed by atoms with van der Waals surface area (Å²) in [6, 6.07) is 0. The molecule has 0 saturated heterocycles. The summed E-state index contributed by atoms with van der Waals surface area (Å²) in [6.45, 7) is 6.86. The lowest BCUT2D eigenvalue weighted by molar-refractivity contribution is -0.0249. The number of nitrogens with zero attached hydrogens (tertiary/aromatic N) is 2. The van der Waals surface area contributed by atoms with Crippen LogP contribution in [0.3, 0.4) is 0 Å². The Bertz CT molecular complexity index is 544. The number of anilines is 1. The van der Waals surface area contributed by atoms with Crippen molar-refractivity contribution in [3.05, 3.63) is 11.9 Å². The van der Waals surface area contributed by atoms with E-state index in [1.165, 1.54) is 17.3 Å². The predicted molar refractivity (Wildman–Crippen MR) is 76.1 cm³/mol. The number of fused-ring (bicyclic) bond motifs is 2. The van der Waals surface area contributed by atoms with E-state index in [9.17, 15) is 4.79 Å². The summed E-state index contributed by atoms with van der Waals surface area (Å²) in [5.74, 6) is 0.297. The molecule has 0 radical (unpaired) electrons. The summed E-state index contributed by atoms with van der Waals surface area (Å²) in [7, 11) is 1.71. The molecule has 3 atom stereocenters. The van der Waals surface area contributed by atoms with E-state index in [4.69, 9.17) is 10.5 Å². The highest BCUT2D eigenvalue weighted by Gasteiger charge is 2.62. The van der Waals surface area contributed by atoms with Crippen LogP contribution in [0.4, 0.5) is 5.69 Å². The molecule has 0 aromatic carbocycles. The largest absolute Gasteiger partial charge is 0.457 e. The molecular weight excluding hydrogens is 254 g/mol. The van der Waals surface area contributed by atoms with Gasteiger partial charge < -0.3 is 10.5 Å². The van der Waals surface area contributed by atoms with E-state index >= 15 is 0 Å². The van der Waals surface area contributed by atoms with Crippen LogP contribution in [0.1, 0.15) is 50.5 Å². The first-order valence-electron chi connectivity index (χ1n) is 7.26. The van der Waals surface area contributed by atoms with Gasteiger partial charge in [0.2, 0.25) is 0 Å². The maximum atomic E-state index is 12.4. The van der Waals surface area contributed by atoms with Crippen LogP contribution in [-0.4, -0.2) is 21.9 Å². The number of rotatable bonds is 2. The maximum absolute atomic E-state index is 12.4. The van der Waals surface area contributed by atoms with Gasteiger partial charge in [-0.25, -0.2) is 4.79 Å². The highest BCUT2D eigenvalue weighted by Crippen LogP contribution is 2.66. The molecular formula is C15H23N3O2. The molecule has 0 spiro atoms. The number of hydrogen-bond donors (Lipinski definition) is 1. The fraction of sp³-hybridized carbons (Fsp3) is 0.733. The first-order valence-corrected chi connectivity index (χ1v) is 7.26. The van der Waals surface area contributed by atoms with Crippen molar-refractivity contribution in [2.45, 2.75) is 46.1 Å². The van der Waals surface area contributed by atoms with E-state index < -0.39 is 0 Å². The van der Waals surface area contributed by atoms with Crippen molar-refractivity contribution in [3.8, 4) is 0 Å². The van der Waals surface area contributed by atoms with Crippen molar-refractivity contribution < 1.29 is 9.53 Å². The normalized spacial score (nSPS) is 34.4. The Morgan fingerprint density at radius 1 is 1.50 bits per heavy atom. The Morgan fingerprint density at radius 3 is 2.65 bits per heavy atom. The minimum atomic E-state index is -0.350. The third-order valence-electron chi connectivity index (χ3n) is 6.12. The SMILES string of the molecule is Cn1ncc(N)c1C(=O)OC1CC2CCC1(C)C2(C)C. The molecule has 2 fully saturated rings. The first kappa shape index (κ1) is 13.5. The van der Waals surface area contributed by atoms with Crippen LogP contribution in [-0.2, 0) is 11.8 Å². The predicted octanol–water partition coefficient (Wildman–Crippen LogP) is 2.37. The molecule has 5 nitrogen and oxygen atoms in total. The van der Waals surface area contributed by atoms with Crippen LogP contribution in [0, 0.1) is 16.7 Å². The van der Waals surface area contributed by atoms with Gasteiger partial charge in [0.1, 0.15) is 6.10 Å². The zero-order valence-corrected chi connectivity index (χ0v) is 12.6. The Hall–Kier alpha value is -1.52. The molecule has 2 aliphatic carbocycles. The maximum Gasteiger partial charge on any atom is 0.359 e. The number of aromatic nitrogens is 2.